The maximum atomic E-state index is 12.4. The maximum Gasteiger partial charge on any atom is 0.343 e. The lowest BCUT2D eigenvalue weighted by Gasteiger charge is -2.05. The van der Waals surface area contributed by atoms with Crippen molar-refractivity contribution in [3.63, 3.8) is 0 Å². The molecule has 0 aliphatic rings. The number of hydrogen-bond donors (Lipinski definition) is 14. The van der Waals surface area contributed by atoms with Gasteiger partial charge in [-0.2, -0.15) is 5.26 Å². The van der Waals surface area contributed by atoms with Gasteiger partial charge in [0.2, 0.25) is 39.4 Å². The van der Waals surface area contributed by atoms with Crippen LogP contribution in [0.25, 0.3) is 61.3 Å². The van der Waals surface area contributed by atoms with Crippen LogP contribution >= 0.6 is 31.9 Å². The fourth-order valence-corrected chi connectivity index (χ4v) is 12.5. The number of halogens is 2. The number of aromatic carboxylic acids is 5. The Bertz CT molecular complexity index is 7320. The average Bonchev–Trinajstić information content (AvgIpc) is 1.69. The minimum atomic E-state index is -4.00. The molecule has 0 spiro atoms. The highest BCUT2D eigenvalue weighted by Crippen LogP contribution is 2.36. The van der Waals surface area contributed by atoms with E-state index < -0.39 is 92.8 Å². The van der Waals surface area contributed by atoms with Gasteiger partial charge in [0.05, 0.1) is 17.2 Å². The van der Waals surface area contributed by atoms with Crippen LogP contribution in [-0.4, -0.2) is 168 Å². The fraction of sp³-hybridized carbons (Fsp3) is 0.0349. The molecule has 5 aromatic carbocycles. The highest BCUT2D eigenvalue weighted by Gasteiger charge is 2.32. The molecule has 0 aliphatic heterocycles. The van der Waals surface area contributed by atoms with Crippen molar-refractivity contribution in [3.05, 3.63) is 312 Å². The van der Waals surface area contributed by atoms with Crippen LogP contribution < -0.4 is 48.1 Å². The zero-order valence-corrected chi connectivity index (χ0v) is 72.8. The largest absolute Gasteiger partial charge is 0.477 e. The van der Waals surface area contributed by atoms with E-state index in [0.29, 0.717) is 44.9 Å². The topological polar surface area (TPSA) is 712 Å². The number of nitrogens with one attached hydrogen (secondary N) is 7. The molecule has 15 rings (SSSR count). The van der Waals surface area contributed by atoms with Crippen LogP contribution in [0.1, 0.15) is 131 Å². The van der Waals surface area contributed by atoms with Crippen molar-refractivity contribution in [3.8, 4) is 62.5 Å². The van der Waals surface area contributed by atoms with Crippen molar-refractivity contribution in [2.45, 2.75) is 18.7 Å². The second-order valence-electron chi connectivity index (χ2n) is 26.8. The van der Waals surface area contributed by atoms with E-state index >= 15 is 0 Å². The van der Waals surface area contributed by atoms with Crippen LogP contribution in [-0.2, 0) is 10.0 Å². The van der Waals surface area contributed by atoms with Crippen molar-refractivity contribution < 1.29 is 114 Å². The van der Waals surface area contributed by atoms with Crippen LogP contribution in [0.4, 0.5) is 45.6 Å². The molecule has 0 fully saturated rings. The normalized spacial score (nSPS) is 10.4. The number of hydrogen-bond acceptors (Lipinski definition) is 31. The number of benzene rings is 5. The zero-order chi connectivity index (χ0) is 97.5. The Balaban J connectivity index is 0.000000162. The third kappa shape index (κ3) is 24.7. The lowest BCUT2D eigenvalue weighted by atomic mass is 10.1. The summed E-state index contributed by atoms with van der Waals surface area (Å²) >= 11 is 6.55. The van der Waals surface area contributed by atoms with Gasteiger partial charge in [-0.15, -0.1) is 0 Å². The minimum Gasteiger partial charge on any atom is -0.477 e. The number of sulfonamides is 1. The van der Waals surface area contributed by atoms with Crippen LogP contribution in [0.5, 0.6) is 0 Å². The van der Waals surface area contributed by atoms with Crippen LogP contribution in [0.15, 0.2) is 250 Å². The molecule has 46 nitrogen and oxygen atoms in total. The van der Waals surface area contributed by atoms with Gasteiger partial charge in [0.1, 0.15) is 51.8 Å². The first kappa shape index (κ1) is 96.7. The molecule has 10 aromatic heterocycles. The first-order chi connectivity index (χ1) is 64.5. The van der Waals surface area contributed by atoms with Crippen molar-refractivity contribution in [2.24, 2.45) is 10.9 Å². The number of carbonyl (C=O) groups is 12. The number of carboxylic acid groups (broad SMARTS) is 5. The summed E-state index contributed by atoms with van der Waals surface area (Å²) in [5.74, 6) is -11.5. The summed E-state index contributed by atoms with van der Waals surface area (Å²) in [6.07, 6.45) is 9.69. The number of amides is 8. The van der Waals surface area contributed by atoms with Gasteiger partial charge in [-0.3, -0.25) is 70.3 Å². The Hall–Kier alpha value is -18.9. The van der Waals surface area contributed by atoms with Gasteiger partial charge in [0.15, 0.2) is 33.5 Å². The molecule has 0 saturated carbocycles. The fourth-order valence-electron chi connectivity index (χ4n) is 11.4. The molecule has 0 saturated heterocycles. The Morgan fingerprint density at radius 2 is 0.830 bits per heavy atom. The standard InChI is InChI=1S/C18H10BrN3O4.C18H15N3O6S.C17H11N7O5.C17H13N5O5.C16H11BrN4O4/c1-20-13-4-2-3-11(9-13)15-14(18(24)25)17(26-22-15)21-16(23)10-5-7-12(19)8-6-10;1-10-5-7-11(8-6-10)15-14(18(23)24)17(27-21-15)20-16(22)12-3-2-4-13(9-12)28(19,25)26;18-7-10-5-8(1-3-20-10)14(25)23-15-12(16(26)27)13(24-29-15)11-6-9(2-4-21-11)22-17(19)28;1-18-15(24)11-8-10(4-7-20-11)14(23)21-16-12(17(25)26)13(22-27-16)9-2-5-19-6-3-9;1-8-18-6-10(7-19-8)13-12(16(23)24)15(25-21-13)20-14(22)9-2-4-11(17)5-3-9/h2-9H,(H,21,23)(H,24,25);2-9H,1H3,(H,20,22)(H,23,24)(H2,19,25,26);1-6H,(H,23,25)(H,26,27)(H3,19,21,22,28);2-8H,1H3,(H,18,24)(H,21,23)(H,25,26);2-7H,1H3,(H,20,22)(H,23,24). The Labute approximate surface area is 773 Å². The van der Waals surface area contributed by atoms with E-state index in [1.807, 2.05) is 6.92 Å². The number of primary sulfonamides is 1. The van der Waals surface area contributed by atoms with Crippen LogP contribution in [0.3, 0.4) is 0 Å². The van der Waals surface area contributed by atoms with Crippen molar-refractivity contribution in [1.29, 1.82) is 5.26 Å². The predicted molar refractivity (Wildman–Crippen MR) is 477 cm³/mol. The lowest BCUT2D eigenvalue weighted by Crippen LogP contribution is -2.20. The number of nitrogens with zero attached hydrogens (tertiary/aromatic N) is 13. The van der Waals surface area contributed by atoms with Gasteiger partial charge in [-0.25, -0.2) is 62.1 Å². The molecule has 678 valence electrons. The molecule has 49 heteroatoms. The third-order valence-electron chi connectivity index (χ3n) is 17.8. The van der Waals surface area contributed by atoms with Gasteiger partial charge in [0, 0.05) is 110 Å². The summed E-state index contributed by atoms with van der Waals surface area (Å²) in [5.41, 5.74) is 7.70. The zero-order valence-electron chi connectivity index (χ0n) is 68.8. The molecule has 135 heavy (non-hydrogen) atoms. The van der Waals surface area contributed by atoms with Gasteiger partial charge in [-0.1, -0.05) is 112 Å². The van der Waals surface area contributed by atoms with Gasteiger partial charge < -0.3 is 64.5 Å². The summed E-state index contributed by atoms with van der Waals surface area (Å²) in [5, 5.41) is 96.7. The summed E-state index contributed by atoms with van der Waals surface area (Å²) in [6.45, 7) is 10.6. The number of aromatic nitrogens is 11. The SMILES string of the molecule is CNC(=O)c1cc(C(=O)Nc2onc(-c3ccncc3)c2C(=O)O)ccn1.Cc1ccc(-c2noc(NC(=O)c3cccc(S(N)(=O)=O)c3)c2C(=O)O)cc1.Cc1ncc(-c2noc(NC(=O)c3ccc(Br)cc3)c2C(=O)O)cn1.N#Cc1cc(C(=O)Nc2onc(-c3cc(NC(N)=O)ccn3)c2C(=O)O)ccn1.[C-]#[N+]c1cccc(-c2noc(NC(=O)c3ccc(Br)cc3)c2C(=O)O)c1. The van der Waals surface area contributed by atoms with E-state index in [0.717, 1.165) is 20.6 Å². The number of nitriles is 1. The van der Waals surface area contributed by atoms with Crippen molar-refractivity contribution >= 4 is 154 Å². The van der Waals surface area contributed by atoms with E-state index in [-0.39, 0.29) is 119 Å². The van der Waals surface area contributed by atoms with E-state index in [4.69, 9.17) is 45.3 Å². The number of carbonyl (C=O) groups excluding carboxylic acids is 7. The highest BCUT2D eigenvalue weighted by molar-refractivity contribution is 9.10. The average molecular weight is 1980 g/mol. The number of anilines is 6. The minimum absolute atomic E-state index is 0.0114. The van der Waals surface area contributed by atoms with Crippen molar-refractivity contribution in [1.82, 2.24) is 61.0 Å². The Morgan fingerprint density at radius 3 is 1.27 bits per heavy atom. The van der Waals surface area contributed by atoms with Gasteiger partial charge in [0.25, 0.3) is 35.4 Å². The lowest BCUT2D eigenvalue weighted by molar-refractivity contribution is 0.0687. The number of rotatable bonds is 23. The number of primary amides is 1. The number of carboxylic acids is 5. The first-order valence-corrected chi connectivity index (χ1v) is 40.8. The molecule has 0 bridgehead atoms. The summed E-state index contributed by atoms with van der Waals surface area (Å²) in [6, 6.07) is 43.4. The molecule has 0 radical (unpaired) electrons. The van der Waals surface area contributed by atoms with Gasteiger partial charge >= 0.3 is 35.9 Å². The quantitative estimate of drug-likeness (QED) is 0.0264. The van der Waals surface area contributed by atoms with E-state index in [2.05, 4.69) is 130 Å². The summed E-state index contributed by atoms with van der Waals surface area (Å²) in [7, 11) is -2.56. The molecule has 0 atom stereocenters. The molecule has 15 aromatic rings. The molecule has 0 aliphatic carbocycles. The molecule has 8 amide bonds. The first-order valence-electron chi connectivity index (χ1n) is 37.7. The third-order valence-corrected chi connectivity index (χ3v) is 19.7. The van der Waals surface area contributed by atoms with Crippen LogP contribution in [0, 0.1) is 31.8 Å². The van der Waals surface area contributed by atoms with E-state index in [1.54, 1.807) is 116 Å². The number of nitrogens with two attached hydrogens (primary N) is 2. The van der Waals surface area contributed by atoms with Crippen LogP contribution in [0.2, 0.25) is 0 Å². The monoisotopic (exact) mass is 1970 g/mol. The molecule has 10 heterocycles. The predicted octanol–water partition coefficient (Wildman–Crippen LogP) is 12.9. The Morgan fingerprint density at radius 1 is 0.422 bits per heavy atom. The maximum absolute atomic E-state index is 12.4. The second kappa shape index (κ2) is 43.7. The molecular formula is C86H60Br2N22O24S. The summed E-state index contributed by atoms with van der Waals surface area (Å²) < 4.78 is 49.6. The number of aryl methyl sites for hydroxylation is 2. The molecular weight excluding hydrogens is 1920 g/mol. The molecule has 0 unspecified atom stereocenters. The second-order valence-corrected chi connectivity index (χ2v) is 30.2. The molecule has 16 N–H and O–H groups in total. The number of pyridine rings is 4. The summed E-state index contributed by atoms with van der Waals surface area (Å²) in [4.78, 5) is 169. The van der Waals surface area contributed by atoms with E-state index in [9.17, 15) is 91.5 Å². The van der Waals surface area contributed by atoms with Gasteiger partial charge in [-0.05, 0) is 141 Å². The smallest absolute Gasteiger partial charge is 0.343 e. The van der Waals surface area contributed by atoms with E-state index in [1.165, 1.54) is 111 Å². The van der Waals surface area contributed by atoms with Crippen molar-refractivity contribution in [2.75, 3.05) is 38.9 Å². The Kier molecular flexibility index (Phi) is 31.4. The number of urea groups is 1. The highest BCUT2D eigenvalue weighted by atomic mass is 79.9.